The van der Waals surface area contributed by atoms with Gasteiger partial charge >= 0.3 is 5.97 Å². The molecule has 22 heavy (non-hydrogen) atoms. The maximum atomic E-state index is 11.9. The van der Waals surface area contributed by atoms with Gasteiger partial charge < -0.3 is 9.47 Å². The molecule has 114 valence electrons. The highest BCUT2D eigenvalue weighted by Crippen LogP contribution is 2.28. The minimum Gasteiger partial charge on any atom is -0.496 e. The Morgan fingerprint density at radius 1 is 1.09 bits per heavy atom. The van der Waals surface area contributed by atoms with E-state index in [-0.39, 0.29) is 5.75 Å². The van der Waals surface area contributed by atoms with Gasteiger partial charge in [-0.05, 0) is 37.3 Å². The molecule has 0 N–H and O–H groups in total. The van der Waals surface area contributed by atoms with Gasteiger partial charge in [0, 0.05) is 22.7 Å². The molecule has 0 aliphatic rings. The number of ether oxygens (including phenoxy) is 2. The fourth-order valence-electron chi connectivity index (χ4n) is 1.84. The Morgan fingerprint density at radius 2 is 1.86 bits per heavy atom. The lowest BCUT2D eigenvalue weighted by Crippen LogP contribution is -2.04. The molecule has 0 saturated heterocycles. The van der Waals surface area contributed by atoms with Crippen LogP contribution in [0, 0.1) is 6.92 Å². The van der Waals surface area contributed by atoms with Crippen molar-refractivity contribution in [3.8, 4) is 11.5 Å². The number of hydrogen-bond acceptors (Lipinski definition) is 3. The van der Waals surface area contributed by atoms with Crippen LogP contribution >= 0.6 is 23.2 Å². The molecule has 0 unspecified atom stereocenters. The second-order valence-corrected chi connectivity index (χ2v) is 5.42. The Bertz CT molecular complexity index is 724. The lowest BCUT2D eigenvalue weighted by Gasteiger charge is -2.06. The standard InChI is InChI=1S/C17H14Cl2O3/c1-11-3-7-15(21-2)12(9-11)4-8-17(20)22-16-10-13(18)5-6-14(16)19/h3-10H,1-2H3. The molecule has 5 heteroatoms. The minimum atomic E-state index is -0.548. The molecular weight excluding hydrogens is 323 g/mol. The molecule has 3 nitrogen and oxygen atoms in total. The number of aryl methyl sites for hydroxylation is 1. The van der Waals surface area contributed by atoms with E-state index < -0.39 is 5.97 Å². The third-order valence-electron chi connectivity index (χ3n) is 2.89. The molecule has 2 aromatic rings. The third-order valence-corrected chi connectivity index (χ3v) is 3.44. The van der Waals surface area contributed by atoms with Gasteiger partial charge in [-0.15, -0.1) is 0 Å². The zero-order valence-corrected chi connectivity index (χ0v) is 13.6. The van der Waals surface area contributed by atoms with Crippen LogP contribution in [0.25, 0.3) is 6.08 Å². The topological polar surface area (TPSA) is 35.5 Å². The normalized spacial score (nSPS) is 10.7. The van der Waals surface area contributed by atoms with Crippen LogP contribution in [-0.4, -0.2) is 13.1 Å². The smallest absolute Gasteiger partial charge is 0.336 e. The number of hydrogen-bond donors (Lipinski definition) is 0. The molecule has 0 atom stereocenters. The van der Waals surface area contributed by atoms with E-state index in [1.807, 2.05) is 25.1 Å². The molecule has 0 bridgehead atoms. The minimum absolute atomic E-state index is 0.222. The van der Waals surface area contributed by atoms with Gasteiger partial charge in [0.2, 0.25) is 0 Å². The molecule has 0 fully saturated rings. The van der Waals surface area contributed by atoms with Gasteiger partial charge in [-0.3, -0.25) is 0 Å². The van der Waals surface area contributed by atoms with Gasteiger partial charge in [0.25, 0.3) is 0 Å². The first-order valence-electron chi connectivity index (χ1n) is 6.49. The number of methoxy groups -OCH3 is 1. The van der Waals surface area contributed by atoms with Crippen LogP contribution in [0.5, 0.6) is 11.5 Å². The fourth-order valence-corrected chi connectivity index (χ4v) is 2.16. The van der Waals surface area contributed by atoms with Crippen LogP contribution in [-0.2, 0) is 4.79 Å². The second-order valence-electron chi connectivity index (χ2n) is 4.57. The highest BCUT2D eigenvalue weighted by Gasteiger charge is 2.07. The number of benzene rings is 2. The molecule has 2 aromatic carbocycles. The van der Waals surface area contributed by atoms with Gasteiger partial charge in [-0.25, -0.2) is 4.79 Å². The van der Waals surface area contributed by atoms with Crippen LogP contribution in [0.2, 0.25) is 10.0 Å². The summed E-state index contributed by atoms with van der Waals surface area (Å²) in [5.41, 5.74) is 1.85. The fraction of sp³-hybridized carbons (Fsp3) is 0.118. The molecule has 0 aliphatic carbocycles. The van der Waals surface area contributed by atoms with Crippen LogP contribution in [0.3, 0.4) is 0 Å². The van der Waals surface area contributed by atoms with Gasteiger partial charge in [0.15, 0.2) is 5.75 Å². The lowest BCUT2D eigenvalue weighted by molar-refractivity contribution is -0.128. The van der Waals surface area contributed by atoms with E-state index in [0.717, 1.165) is 11.1 Å². The average Bonchev–Trinajstić information content (AvgIpc) is 2.49. The number of halogens is 2. The highest BCUT2D eigenvalue weighted by atomic mass is 35.5. The Hall–Kier alpha value is -1.97. The van der Waals surface area contributed by atoms with Crippen LogP contribution in [0.15, 0.2) is 42.5 Å². The summed E-state index contributed by atoms with van der Waals surface area (Å²) in [5, 5.41) is 0.760. The summed E-state index contributed by atoms with van der Waals surface area (Å²) in [6.45, 7) is 1.96. The molecule has 2 rings (SSSR count). The van der Waals surface area contributed by atoms with Crippen molar-refractivity contribution in [1.82, 2.24) is 0 Å². The van der Waals surface area contributed by atoms with E-state index >= 15 is 0 Å². The lowest BCUT2D eigenvalue weighted by atomic mass is 10.1. The summed E-state index contributed by atoms with van der Waals surface area (Å²) < 4.78 is 10.4. The van der Waals surface area contributed by atoms with E-state index in [4.69, 9.17) is 32.7 Å². The molecule has 0 aliphatic heterocycles. The molecule has 0 heterocycles. The van der Waals surface area contributed by atoms with Crippen molar-refractivity contribution in [2.75, 3.05) is 7.11 Å². The third kappa shape index (κ3) is 4.26. The van der Waals surface area contributed by atoms with Crippen molar-refractivity contribution in [2.24, 2.45) is 0 Å². The van der Waals surface area contributed by atoms with Crippen molar-refractivity contribution in [1.29, 1.82) is 0 Å². The van der Waals surface area contributed by atoms with Crippen LogP contribution in [0.4, 0.5) is 0 Å². The summed E-state index contributed by atoms with van der Waals surface area (Å²) in [4.78, 5) is 11.9. The van der Waals surface area contributed by atoms with Gasteiger partial charge in [-0.1, -0.05) is 34.8 Å². The maximum Gasteiger partial charge on any atom is 0.336 e. The van der Waals surface area contributed by atoms with Gasteiger partial charge in [-0.2, -0.15) is 0 Å². The monoisotopic (exact) mass is 336 g/mol. The van der Waals surface area contributed by atoms with Gasteiger partial charge in [0.1, 0.15) is 5.75 Å². The van der Waals surface area contributed by atoms with E-state index in [0.29, 0.717) is 15.8 Å². The zero-order valence-electron chi connectivity index (χ0n) is 12.1. The summed E-state index contributed by atoms with van der Waals surface area (Å²) in [7, 11) is 1.58. The Labute approximate surface area is 139 Å². The summed E-state index contributed by atoms with van der Waals surface area (Å²) in [5.74, 6) is 0.350. The van der Waals surface area contributed by atoms with Gasteiger partial charge in [0.05, 0.1) is 12.1 Å². The number of carbonyl (C=O) groups excluding carboxylic acids is 1. The summed E-state index contributed by atoms with van der Waals surface area (Å²) >= 11 is 11.8. The molecule has 0 radical (unpaired) electrons. The Kier molecular flexibility index (Phi) is 5.47. The second kappa shape index (κ2) is 7.34. The Balaban J connectivity index is 2.15. The summed E-state index contributed by atoms with van der Waals surface area (Å²) in [6.07, 6.45) is 2.95. The molecule has 0 spiro atoms. The molecule has 0 amide bonds. The van der Waals surface area contributed by atoms with Crippen LogP contribution < -0.4 is 9.47 Å². The van der Waals surface area contributed by atoms with Crippen molar-refractivity contribution >= 4 is 35.2 Å². The predicted octanol–water partition coefficient (Wildman–Crippen LogP) is 4.93. The first-order chi connectivity index (χ1) is 10.5. The number of carbonyl (C=O) groups is 1. The van der Waals surface area contributed by atoms with E-state index in [1.165, 1.54) is 12.1 Å². The predicted molar refractivity (Wildman–Crippen MR) is 88.9 cm³/mol. The van der Waals surface area contributed by atoms with Crippen molar-refractivity contribution in [3.05, 3.63) is 63.6 Å². The Morgan fingerprint density at radius 3 is 2.59 bits per heavy atom. The molecule has 0 aromatic heterocycles. The molecular formula is C17H14Cl2O3. The number of esters is 1. The van der Waals surface area contributed by atoms with Crippen LogP contribution in [0.1, 0.15) is 11.1 Å². The largest absolute Gasteiger partial charge is 0.496 e. The highest BCUT2D eigenvalue weighted by molar-refractivity contribution is 6.34. The van der Waals surface area contributed by atoms with Crippen molar-refractivity contribution < 1.29 is 14.3 Å². The average molecular weight is 337 g/mol. The summed E-state index contributed by atoms with van der Waals surface area (Å²) in [6, 6.07) is 10.4. The first kappa shape index (κ1) is 16.4. The van der Waals surface area contributed by atoms with E-state index in [9.17, 15) is 4.79 Å². The van der Waals surface area contributed by atoms with Crippen molar-refractivity contribution in [3.63, 3.8) is 0 Å². The van der Waals surface area contributed by atoms with E-state index in [2.05, 4.69) is 0 Å². The number of rotatable bonds is 4. The maximum absolute atomic E-state index is 11.9. The molecule has 0 saturated carbocycles. The quantitative estimate of drug-likeness (QED) is 0.451. The SMILES string of the molecule is COc1ccc(C)cc1C=CC(=O)Oc1cc(Cl)ccc1Cl. The first-order valence-corrected chi connectivity index (χ1v) is 7.25. The zero-order chi connectivity index (χ0) is 16.1. The van der Waals surface area contributed by atoms with E-state index in [1.54, 1.807) is 25.3 Å². The van der Waals surface area contributed by atoms with Crippen molar-refractivity contribution in [2.45, 2.75) is 6.92 Å².